The summed E-state index contributed by atoms with van der Waals surface area (Å²) in [5.74, 6) is -0.970. The molecule has 1 rings (SSSR count). The Morgan fingerprint density at radius 2 is 2.07 bits per heavy atom. The molecule has 0 aliphatic rings. The summed E-state index contributed by atoms with van der Waals surface area (Å²) in [4.78, 5) is 10.6. The Labute approximate surface area is 87.1 Å². The molecule has 0 bridgehead atoms. The zero-order chi connectivity index (χ0) is 10.7. The molecule has 0 atom stereocenters. The highest BCUT2D eigenvalue weighted by molar-refractivity contribution is 7.85. The number of rotatable bonds is 2. The van der Waals surface area contributed by atoms with Crippen LogP contribution in [0.1, 0.15) is 12.5 Å². The third-order valence-electron chi connectivity index (χ3n) is 1.84. The van der Waals surface area contributed by atoms with Gasteiger partial charge in [0.2, 0.25) is 0 Å². The van der Waals surface area contributed by atoms with Crippen LogP contribution in [-0.4, -0.2) is 16.2 Å². The van der Waals surface area contributed by atoms with Crippen LogP contribution in [0.25, 0.3) is 5.57 Å². The maximum absolute atomic E-state index is 10.6. The van der Waals surface area contributed by atoms with Crippen LogP contribution in [0.3, 0.4) is 0 Å². The molecule has 0 aliphatic heterocycles. The van der Waals surface area contributed by atoms with Gasteiger partial charge in [-0.3, -0.25) is 0 Å². The second-order valence-corrected chi connectivity index (χ2v) is 3.28. The smallest absolute Gasteiger partial charge is 0.342 e. The lowest BCUT2D eigenvalue weighted by atomic mass is 10.1. The van der Waals surface area contributed by atoms with E-state index >= 15 is 0 Å². The van der Waals surface area contributed by atoms with Crippen molar-refractivity contribution in [2.75, 3.05) is 0 Å². The average molecular weight is 210 g/mol. The second-order valence-electron chi connectivity index (χ2n) is 2.83. The zero-order valence-corrected chi connectivity index (χ0v) is 8.45. The molecule has 3 nitrogen and oxygen atoms in total. The summed E-state index contributed by atoms with van der Waals surface area (Å²) in [6, 6.07) is 6.38. The Kier molecular flexibility index (Phi) is 3.19. The summed E-state index contributed by atoms with van der Waals surface area (Å²) in [6.45, 7) is 1.64. The molecule has 2 N–H and O–H groups in total. The molecule has 74 valence electrons. The fourth-order valence-corrected chi connectivity index (χ4v) is 1.17. The molecule has 1 aromatic carbocycles. The molecule has 0 aliphatic carbocycles. The van der Waals surface area contributed by atoms with Gasteiger partial charge < -0.3 is 10.2 Å². The van der Waals surface area contributed by atoms with Crippen LogP contribution >= 0.6 is 12.6 Å². The van der Waals surface area contributed by atoms with Crippen LogP contribution in [0, 0.1) is 0 Å². The number of phenolic OH excluding ortho intramolecular Hbond substituents is 1. The van der Waals surface area contributed by atoms with E-state index in [-0.39, 0.29) is 10.7 Å². The summed E-state index contributed by atoms with van der Waals surface area (Å²) in [6.07, 6.45) is 0. The summed E-state index contributed by atoms with van der Waals surface area (Å²) >= 11 is 3.86. The van der Waals surface area contributed by atoms with Crippen LogP contribution in [0.15, 0.2) is 29.2 Å². The first-order valence-electron chi connectivity index (χ1n) is 3.95. The van der Waals surface area contributed by atoms with E-state index in [2.05, 4.69) is 12.6 Å². The van der Waals surface area contributed by atoms with Gasteiger partial charge in [-0.15, -0.1) is 12.6 Å². The number of hydrogen-bond donors (Lipinski definition) is 3. The molecular formula is C10H10O3S. The zero-order valence-electron chi connectivity index (χ0n) is 7.56. The van der Waals surface area contributed by atoms with E-state index in [1.807, 2.05) is 0 Å². The monoisotopic (exact) mass is 210 g/mol. The Morgan fingerprint density at radius 1 is 1.43 bits per heavy atom. The lowest BCUT2D eigenvalue weighted by Gasteiger charge is -2.03. The van der Waals surface area contributed by atoms with Crippen molar-refractivity contribution in [2.45, 2.75) is 6.92 Å². The normalized spacial score (nSPS) is 12.1. The van der Waals surface area contributed by atoms with Gasteiger partial charge in [-0.1, -0.05) is 12.1 Å². The SMILES string of the molecule is CC(=C(S)C(=O)O)c1cccc(O)c1. The van der Waals surface area contributed by atoms with Crippen LogP contribution < -0.4 is 0 Å². The lowest BCUT2D eigenvalue weighted by Crippen LogP contribution is -1.96. The largest absolute Gasteiger partial charge is 0.508 e. The maximum atomic E-state index is 10.6. The predicted molar refractivity (Wildman–Crippen MR) is 57.3 cm³/mol. The number of carbonyl (C=O) groups is 1. The van der Waals surface area contributed by atoms with Crippen molar-refractivity contribution in [1.29, 1.82) is 0 Å². The van der Waals surface area contributed by atoms with E-state index < -0.39 is 5.97 Å². The summed E-state index contributed by atoms with van der Waals surface area (Å²) < 4.78 is 0. The highest BCUT2D eigenvalue weighted by Crippen LogP contribution is 2.23. The molecule has 0 amide bonds. The fourth-order valence-electron chi connectivity index (χ4n) is 1.04. The van der Waals surface area contributed by atoms with Gasteiger partial charge in [0.05, 0.1) is 4.91 Å². The number of phenols is 1. The molecule has 14 heavy (non-hydrogen) atoms. The standard InChI is InChI=1S/C10H10O3S/c1-6(9(14)10(12)13)7-3-2-4-8(11)5-7/h2-5,11,14H,1H3,(H,12,13). The minimum atomic E-state index is -1.07. The van der Waals surface area contributed by atoms with E-state index in [0.29, 0.717) is 11.1 Å². The molecule has 0 saturated heterocycles. The molecule has 4 heteroatoms. The molecule has 0 unspecified atom stereocenters. The first-order valence-corrected chi connectivity index (χ1v) is 4.39. The molecule has 1 aromatic rings. The topological polar surface area (TPSA) is 57.5 Å². The minimum Gasteiger partial charge on any atom is -0.508 e. The van der Waals surface area contributed by atoms with E-state index in [1.165, 1.54) is 12.1 Å². The van der Waals surface area contributed by atoms with Gasteiger partial charge in [0, 0.05) is 0 Å². The minimum absolute atomic E-state index is 0.0180. The first kappa shape index (κ1) is 10.7. The third kappa shape index (κ3) is 2.29. The van der Waals surface area contributed by atoms with Crippen LogP contribution in [0.2, 0.25) is 0 Å². The molecule has 0 spiro atoms. The van der Waals surface area contributed by atoms with Crippen molar-refractivity contribution in [3.8, 4) is 5.75 Å². The summed E-state index contributed by atoms with van der Waals surface area (Å²) in [7, 11) is 0. The average Bonchev–Trinajstić information content (AvgIpc) is 2.15. The number of aromatic hydroxyl groups is 1. The van der Waals surface area contributed by atoms with Crippen molar-refractivity contribution in [3.05, 3.63) is 34.7 Å². The number of carboxylic acid groups (broad SMARTS) is 1. The van der Waals surface area contributed by atoms with Crippen LogP contribution in [0.4, 0.5) is 0 Å². The number of allylic oxidation sites excluding steroid dienone is 1. The van der Waals surface area contributed by atoms with E-state index in [4.69, 9.17) is 5.11 Å². The number of aliphatic carboxylic acids is 1. The highest BCUT2D eigenvalue weighted by atomic mass is 32.1. The molecule has 0 radical (unpaired) electrons. The van der Waals surface area contributed by atoms with Gasteiger partial charge in [0.15, 0.2) is 0 Å². The van der Waals surface area contributed by atoms with Crippen LogP contribution in [-0.2, 0) is 4.79 Å². The Bertz CT molecular complexity index is 396. The summed E-state index contributed by atoms with van der Waals surface area (Å²) in [5, 5.41) is 17.9. The quantitative estimate of drug-likeness (QED) is 0.517. The Balaban J connectivity index is 3.18. The van der Waals surface area contributed by atoms with Crippen molar-refractivity contribution < 1.29 is 15.0 Å². The van der Waals surface area contributed by atoms with Crippen molar-refractivity contribution in [2.24, 2.45) is 0 Å². The van der Waals surface area contributed by atoms with Crippen molar-refractivity contribution in [3.63, 3.8) is 0 Å². The van der Waals surface area contributed by atoms with Gasteiger partial charge in [-0.25, -0.2) is 4.79 Å². The van der Waals surface area contributed by atoms with E-state index in [9.17, 15) is 9.90 Å². The lowest BCUT2D eigenvalue weighted by molar-refractivity contribution is -0.131. The van der Waals surface area contributed by atoms with Gasteiger partial charge >= 0.3 is 5.97 Å². The molecule has 0 saturated carbocycles. The second kappa shape index (κ2) is 4.19. The van der Waals surface area contributed by atoms with E-state index in [1.54, 1.807) is 19.1 Å². The molecule has 0 aromatic heterocycles. The number of carboxylic acids is 1. The molecule has 0 fully saturated rings. The number of hydrogen-bond acceptors (Lipinski definition) is 3. The maximum Gasteiger partial charge on any atom is 0.342 e. The third-order valence-corrected chi connectivity index (χ3v) is 2.36. The van der Waals surface area contributed by atoms with Crippen molar-refractivity contribution in [1.82, 2.24) is 0 Å². The predicted octanol–water partition coefficient (Wildman–Crippen LogP) is 2.14. The molecular weight excluding hydrogens is 200 g/mol. The van der Waals surface area contributed by atoms with Gasteiger partial charge in [-0.05, 0) is 30.2 Å². The van der Waals surface area contributed by atoms with Gasteiger partial charge in [0.1, 0.15) is 5.75 Å². The molecule has 0 heterocycles. The number of thiol groups is 1. The Morgan fingerprint density at radius 3 is 2.57 bits per heavy atom. The van der Waals surface area contributed by atoms with Crippen molar-refractivity contribution >= 4 is 24.2 Å². The fraction of sp³-hybridized carbons (Fsp3) is 0.100. The first-order chi connectivity index (χ1) is 6.52. The van der Waals surface area contributed by atoms with E-state index in [0.717, 1.165) is 0 Å². The van der Waals surface area contributed by atoms with Gasteiger partial charge in [-0.2, -0.15) is 0 Å². The summed E-state index contributed by atoms with van der Waals surface area (Å²) in [5.41, 5.74) is 1.18. The number of benzene rings is 1. The van der Waals surface area contributed by atoms with Crippen LogP contribution in [0.5, 0.6) is 5.75 Å². The highest BCUT2D eigenvalue weighted by Gasteiger charge is 2.08. The Hall–Kier alpha value is -1.42. The van der Waals surface area contributed by atoms with Gasteiger partial charge in [0.25, 0.3) is 0 Å².